The number of amides is 2. The molecule has 0 aliphatic heterocycles. The van der Waals surface area contributed by atoms with Crippen LogP contribution in [-0.4, -0.2) is 44.3 Å². The zero-order valence-electron chi connectivity index (χ0n) is 21.0. The Bertz CT molecular complexity index is 1290. The van der Waals surface area contributed by atoms with Gasteiger partial charge in [0, 0.05) is 10.6 Å². The van der Waals surface area contributed by atoms with Crippen LogP contribution in [0.1, 0.15) is 46.0 Å². The van der Waals surface area contributed by atoms with E-state index in [-0.39, 0.29) is 12.3 Å². The zero-order valence-corrected chi connectivity index (χ0v) is 21.8. The number of unbranched alkanes of at least 4 members (excludes halogenated alkanes) is 1. The number of hydrazone groups is 1. The van der Waals surface area contributed by atoms with Gasteiger partial charge in [0.2, 0.25) is 0 Å². The molecule has 3 aromatic carbocycles. The molecule has 0 unspecified atom stereocenters. The Morgan fingerprint density at radius 1 is 0.974 bits per heavy atom. The van der Waals surface area contributed by atoms with E-state index in [2.05, 4.69) is 22.8 Å². The van der Waals surface area contributed by atoms with Gasteiger partial charge in [-0.2, -0.15) is 5.10 Å². The zero-order chi connectivity index (χ0) is 27.3. The average Bonchev–Trinajstić information content (AvgIpc) is 2.93. The van der Waals surface area contributed by atoms with Gasteiger partial charge in [-0.3, -0.25) is 9.59 Å². The average molecular weight is 538 g/mol. The van der Waals surface area contributed by atoms with E-state index in [4.69, 9.17) is 25.8 Å². The molecule has 0 saturated carbocycles. The Balaban J connectivity index is 1.51. The molecular weight excluding hydrogens is 510 g/mol. The number of ether oxygens (including phenoxy) is 3. The fourth-order valence-electron chi connectivity index (χ4n) is 3.14. The predicted molar refractivity (Wildman–Crippen MR) is 144 cm³/mol. The number of hydrogen-bond acceptors (Lipinski definition) is 7. The van der Waals surface area contributed by atoms with E-state index in [9.17, 15) is 14.4 Å². The van der Waals surface area contributed by atoms with Gasteiger partial charge < -0.3 is 19.5 Å². The number of nitrogens with zero attached hydrogens (tertiary/aromatic N) is 1. The molecule has 0 radical (unpaired) electrons. The summed E-state index contributed by atoms with van der Waals surface area (Å²) in [5.74, 6) is -0.273. The molecule has 3 aromatic rings. The van der Waals surface area contributed by atoms with Crippen LogP contribution in [-0.2, 0) is 4.79 Å². The van der Waals surface area contributed by atoms with Crippen LogP contribution in [0.15, 0.2) is 71.8 Å². The van der Waals surface area contributed by atoms with Crippen molar-refractivity contribution in [2.24, 2.45) is 5.10 Å². The summed E-state index contributed by atoms with van der Waals surface area (Å²) in [6, 6.07) is 17.9. The van der Waals surface area contributed by atoms with Gasteiger partial charge in [-0.1, -0.05) is 31.0 Å². The van der Waals surface area contributed by atoms with Crippen LogP contribution >= 0.6 is 11.6 Å². The van der Waals surface area contributed by atoms with Crippen LogP contribution in [0.4, 0.5) is 0 Å². The molecule has 0 fully saturated rings. The molecule has 2 N–H and O–H groups in total. The molecule has 0 bridgehead atoms. The molecule has 0 aliphatic carbocycles. The molecule has 38 heavy (non-hydrogen) atoms. The highest BCUT2D eigenvalue weighted by molar-refractivity contribution is 6.31. The number of rotatable bonds is 12. The number of carbonyl (C=O) groups excluding carboxylic acids is 3. The normalized spacial score (nSPS) is 10.6. The maximum Gasteiger partial charge on any atom is 0.343 e. The molecule has 9 nitrogen and oxygen atoms in total. The fraction of sp³-hybridized carbons (Fsp3) is 0.214. The van der Waals surface area contributed by atoms with Crippen molar-refractivity contribution >= 4 is 35.6 Å². The van der Waals surface area contributed by atoms with Crippen molar-refractivity contribution in [3.63, 3.8) is 0 Å². The summed E-state index contributed by atoms with van der Waals surface area (Å²) in [4.78, 5) is 36.7. The smallest absolute Gasteiger partial charge is 0.343 e. The van der Waals surface area contributed by atoms with E-state index in [0.29, 0.717) is 39.8 Å². The van der Waals surface area contributed by atoms with Gasteiger partial charge in [0.1, 0.15) is 5.75 Å². The number of hydrogen-bond donors (Lipinski definition) is 2. The molecule has 3 rings (SSSR count). The first-order valence-electron chi connectivity index (χ1n) is 11.9. The van der Waals surface area contributed by atoms with Crippen LogP contribution in [0.25, 0.3) is 0 Å². The van der Waals surface area contributed by atoms with Gasteiger partial charge in [-0.05, 0) is 72.6 Å². The summed E-state index contributed by atoms with van der Waals surface area (Å²) >= 11 is 5.87. The van der Waals surface area contributed by atoms with Crippen molar-refractivity contribution in [2.75, 3.05) is 20.3 Å². The van der Waals surface area contributed by atoms with Crippen molar-refractivity contribution in [2.45, 2.75) is 19.8 Å². The third kappa shape index (κ3) is 8.63. The van der Waals surface area contributed by atoms with Crippen molar-refractivity contribution in [3.8, 4) is 17.2 Å². The summed E-state index contributed by atoms with van der Waals surface area (Å²) in [6.45, 7) is 2.44. The van der Waals surface area contributed by atoms with Gasteiger partial charge in [0.05, 0.1) is 32.0 Å². The number of carbonyl (C=O) groups is 3. The molecule has 2 amide bonds. The van der Waals surface area contributed by atoms with E-state index in [1.165, 1.54) is 19.4 Å². The minimum Gasteiger partial charge on any atom is -0.494 e. The first-order valence-corrected chi connectivity index (χ1v) is 12.3. The molecule has 0 aromatic heterocycles. The van der Waals surface area contributed by atoms with Gasteiger partial charge in [0.25, 0.3) is 11.8 Å². The summed E-state index contributed by atoms with van der Waals surface area (Å²) in [7, 11) is 1.44. The third-order valence-electron chi connectivity index (χ3n) is 5.15. The monoisotopic (exact) mass is 537 g/mol. The first kappa shape index (κ1) is 28.2. The minimum absolute atomic E-state index is 0.227. The van der Waals surface area contributed by atoms with Crippen molar-refractivity contribution in [1.29, 1.82) is 0 Å². The lowest BCUT2D eigenvalue weighted by atomic mass is 10.2. The van der Waals surface area contributed by atoms with Gasteiger partial charge in [-0.25, -0.2) is 10.2 Å². The lowest BCUT2D eigenvalue weighted by Crippen LogP contribution is -2.34. The SMILES string of the molecule is CCCCOc1ccc(C(=O)Oc2ccc(/C=N\NC(=O)CNC(=O)c3cccc(Cl)c3)cc2OC)cc1. The number of esters is 1. The molecule has 0 spiro atoms. The maximum absolute atomic E-state index is 12.6. The van der Waals surface area contributed by atoms with Crippen molar-refractivity contribution in [3.05, 3.63) is 88.4 Å². The number of methoxy groups -OCH3 is 1. The molecule has 10 heteroatoms. The Hall–Kier alpha value is -4.37. The van der Waals surface area contributed by atoms with Crippen LogP contribution in [0.5, 0.6) is 17.2 Å². The van der Waals surface area contributed by atoms with Crippen LogP contribution in [0.2, 0.25) is 5.02 Å². The highest BCUT2D eigenvalue weighted by Gasteiger charge is 2.13. The largest absolute Gasteiger partial charge is 0.494 e. The van der Waals surface area contributed by atoms with Crippen molar-refractivity contribution < 1.29 is 28.6 Å². The Morgan fingerprint density at radius 2 is 1.76 bits per heavy atom. The predicted octanol–water partition coefficient (Wildman–Crippen LogP) is 4.63. The lowest BCUT2D eigenvalue weighted by molar-refractivity contribution is -0.120. The van der Waals surface area contributed by atoms with Crippen LogP contribution in [0, 0.1) is 0 Å². The Labute approximate surface area is 225 Å². The van der Waals surface area contributed by atoms with Crippen LogP contribution < -0.4 is 25.0 Å². The van der Waals surface area contributed by atoms with E-state index in [1.807, 2.05) is 0 Å². The summed E-state index contributed by atoms with van der Waals surface area (Å²) in [5.41, 5.74) is 3.62. The third-order valence-corrected chi connectivity index (χ3v) is 5.38. The van der Waals surface area contributed by atoms with Gasteiger partial charge in [0.15, 0.2) is 11.5 Å². The molecule has 0 atom stereocenters. The molecule has 198 valence electrons. The van der Waals surface area contributed by atoms with E-state index in [0.717, 1.165) is 12.8 Å². The topological polar surface area (TPSA) is 115 Å². The minimum atomic E-state index is -0.545. The summed E-state index contributed by atoms with van der Waals surface area (Å²) in [6.07, 6.45) is 3.39. The number of benzene rings is 3. The quantitative estimate of drug-likeness (QED) is 0.114. The standard InChI is InChI=1S/C28H28ClN3O6/c1-3-4-14-37-23-11-9-20(10-12-23)28(35)38-24-13-8-19(15-25(24)36-2)17-31-32-26(33)18-30-27(34)21-6-5-7-22(29)16-21/h5-13,15-17H,3-4,14,18H2,1-2H3,(H,30,34)(H,32,33)/b31-17-. The summed E-state index contributed by atoms with van der Waals surface area (Å²) < 4.78 is 16.4. The lowest BCUT2D eigenvalue weighted by Gasteiger charge is -2.10. The summed E-state index contributed by atoms with van der Waals surface area (Å²) in [5, 5.41) is 6.79. The van der Waals surface area contributed by atoms with Gasteiger partial charge in [-0.15, -0.1) is 0 Å². The van der Waals surface area contributed by atoms with E-state index >= 15 is 0 Å². The highest BCUT2D eigenvalue weighted by atomic mass is 35.5. The second kappa shape index (κ2) is 14.4. The molecule has 0 saturated heterocycles. The van der Waals surface area contributed by atoms with Crippen molar-refractivity contribution in [1.82, 2.24) is 10.7 Å². The second-order valence-electron chi connectivity index (χ2n) is 8.01. The number of nitrogens with one attached hydrogen (secondary N) is 2. The molecule has 0 heterocycles. The second-order valence-corrected chi connectivity index (χ2v) is 8.45. The Kier molecular flexibility index (Phi) is 10.7. The highest BCUT2D eigenvalue weighted by Crippen LogP contribution is 2.28. The first-order chi connectivity index (χ1) is 18.4. The molecular formula is C28H28ClN3O6. The van der Waals surface area contributed by atoms with E-state index in [1.54, 1.807) is 60.7 Å². The van der Waals surface area contributed by atoms with E-state index < -0.39 is 17.8 Å². The van der Waals surface area contributed by atoms with Crippen LogP contribution in [0.3, 0.4) is 0 Å². The fourth-order valence-corrected chi connectivity index (χ4v) is 3.33. The van der Waals surface area contributed by atoms with Gasteiger partial charge >= 0.3 is 5.97 Å². The number of halogens is 1. The molecule has 0 aliphatic rings. The Morgan fingerprint density at radius 3 is 2.47 bits per heavy atom. The maximum atomic E-state index is 12.6.